The van der Waals surface area contributed by atoms with Crippen LogP contribution in [0.3, 0.4) is 0 Å². The van der Waals surface area contributed by atoms with Crippen molar-refractivity contribution in [1.82, 2.24) is 9.55 Å². The van der Waals surface area contributed by atoms with Crippen LogP contribution < -0.4 is 11.2 Å². The number of hydrogen-bond acceptors (Lipinski definition) is 7. The molecule has 29 heavy (non-hydrogen) atoms. The third kappa shape index (κ3) is 5.00. The number of aromatic amines is 1. The number of hydrogen-bond donors (Lipinski definition) is 1. The maximum absolute atomic E-state index is 12.4. The third-order valence-electron chi connectivity index (χ3n) is 4.62. The van der Waals surface area contributed by atoms with Gasteiger partial charge in [-0.15, -0.1) is 0 Å². The summed E-state index contributed by atoms with van der Waals surface area (Å²) >= 11 is 0. The Morgan fingerprint density at radius 1 is 1.24 bits per heavy atom. The van der Waals surface area contributed by atoms with Crippen molar-refractivity contribution in [2.75, 3.05) is 6.61 Å². The summed E-state index contributed by atoms with van der Waals surface area (Å²) in [6.07, 6.45) is 0.338. The van der Waals surface area contributed by atoms with E-state index in [1.807, 2.05) is 0 Å². The zero-order valence-corrected chi connectivity index (χ0v) is 16.1. The van der Waals surface area contributed by atoms with E-state index in [9.17, 15) is 19.2 Å². The van der Waals surface area contributed by atoms with Crippen LogP contribution in [0.1, 0.15) is 41.9 Å². The van der Waals surface area contributed by atoms with E-state index in [0.29, 0.717) is 24.0 Å². The second kappa shape index (κ2) is 8.87. The van der Waals surface area contributed by atoms with Crippen LogP contribution >= 0.6 is 0 Å². The van der Waals surface area contributed by atoms with E-state index in [-0.39, 0.29) is 6.61 Å². The minimum Gasteiger partial charge on any atom is -0.462 e. The number of esters is 2. The Kier molecular flexibility index (Phi) is 6.28. The van der Waals surface area contributed by atoms with Gasteiger partial charge in [-0.2, -0.15) is 0 Å². The molecule has 1 saturated heterocycles. The molecular formula is C20H22N2O7. The van der Waals surface area contributed by atoms with Gasteiger partial charge in [0.25, 0.3) is 5.56 Å². The second-order valence-electron chi connectivity index (χ2n) is 6.80. The number of aromatic nitrogens is 2. The van der Waals surface area contributed by atoms with E-state index in [0.717, 1.165) is 0 Å². The molecule has 9 nitrogen and oxygen atoms in total. The minimum absolute atomic E-state index is 0.162. The average Bonchev–Trinajstić information content (AvgIpc) is 3.18. The number of carbonyl (C=O) groups is 2. The summed E-state index contributed by atoms with van der Waals surface area (Å²) in [5.74, 6) is -1.07. The van der Waals surface area contributed by atoms with Crippen LogP contribution in [0, 0.1) is 6.92 Å². The van der Waals surface area contributed by atoms with Crippen molar-refractivity contribution in [3.63, 3.8) is 0 Å². The molecule has 3 rings (SSSR count). The first-order valence-corrected chi connectivity index (χ1v) is 9.22. The highest BCUT2D eigenvalue weighted by Crippen LogP contribution is 2.30. The SMILES string of the molecule is CC(=O)OC[C@@H](OC(=O)c1ccccc1)[C@@H]1CC[C@H](n2cc(C)c(=O)[nH]c2=O)O1. The van der Waals surface area contributed by atoms with Gasteiger partial charge in [-0.3, -0.25) is 19.1 Å². The zero-order valence-electron chi connectivity index (χ0n) is 16.1. The fourth-order valence-corrected chi connectivity index (χ4v) is 3.12. The predicted octanol–water partition coefficient (Wildman–Crippen LogP) is 1.31. The molecule has 1 N–H and O–H groups in total. The van der Waals surface area contributed by atoms with Crippen LogP contribution in [0.4, 0.5) is 0 Å². The van der Waals surface area contributed by atoms with E-state index >= 15 is 0 Å². The molecule has 0 saturated carbocycles. The van der Waals surface area contributed by atoms with Gasteiger partial charge in [0, 0.05) is 18.7 Å². The third-order valence-corrected chi connectivity index (χ3v) is 4.62. The summed E-state index contributed by atoms with van der Waals surface area (Å²) in [5.41, 5.74) is -0.291. The lowest BCUT2D eigenvalue weighted by Crippen LogP contribution is -2.37. The van der Waals surface area contributed by atoms with Crippen molar-refractivity contribution in [3.05, 3.63) is 68.5 Å². The van der Waals surface area contributed by atoms with Gasteiger partial charge in [-0.25, -0.2) is 9.59 Å². The lowest BCUT2D eigenvalue weighted by Gasteiger charge is -2.24. The topological polar surface area (TPSA) is 117 Å². The standard InChI is InChI=1S/C20H22N2O7/c1-12-10-22(20(26)21-18(12)24)17-9-8-15(28-17)16(11-27-13(2)23)29-19(25)14-6-4-3-5-7-14/h3-7,10,15-17H,8-9,11H2,1-2H3,(H,21,24,26)/t15-,16+,17+/m0/s1. The highest BCUT2D eigenvalue weighted by atomic mass is 16.6. The van der Waals surface area contributed by atoms with Crippen LogP contribution in [0.15, 0.2) is 46.1 Å². The van der Waals surface area contributed by atoms with Crippen LogP contribution in [-0.2, 0) is 19.0 Å². The summed E-state index contributed by atoms with van der Waals surface area (Å²) in [6.45, 7) is 2.69. The van der Waals surface area contributed by atoms with Crippen molar-refractivity contribution < 1.29 is 23.8 Å². The summed E-state index contributed by atoms with van der Waals surface area (Å²) in [5, 5.41) is 0. The summed E-state index contributed by atoms with van der Waals surface area (Å²) in [4.78, 5) is 49.6. The summed E-state index contributed by atoms with van der Waals surface area (Å²) in [7, 11) is 0. The Labute approximate surface area is 166 Å². The fraction of sp³-hybridized carbons (Fsp3) is 0.400. The highest BCUT2D eigenvalue weighted by Gasteiger charge is 2.36. The maximum Gasteiger partial charge on any atom is 0.338 e. The minimum atomic E-state index is -0.837. The van der Waals surface area contributed by atoms with Gasteiger partial charge in [-0.05, 0) is 31.9 Å². The molecule has 2 heterocycles. The molecule has 1 fully saturated rings. The molecular weight excluding hydrogens is 380 g/mol. The van der Waals surface area contributed by atoms with E-state index < -0.39 is 41.6 Å². The molecule has 3 atom stereocenters. The Balaban J connectivity index is 1.75. The molecule has 2 aromatic rings. The summed E-state index contributed by atoms with van der Waals surface area (Å²) in [6, 6.07) is 8.44. The Morgan fingerprint density at radius 2 is 1.97 bits per heavy atom. The van der Waals surface area contributed by atoms with Gasteiger partial charge in [0.05, 0.1) is 5.56 Å². The number of carbonyl (C=O) groups excluding carboxylic acids is 2. The lowest BCUT2D eigenvalue weighted by molar-refractivity contribution is -0.148. The molecule has 0 spiro atoms. The largest absolute Gasteiger partial charge is 0.462 e. The highest BCUT2D eigenvalue weighted by molar-refractivity contribution is 5.89. The average molecular weight is 402 g/mol. The number of aryl methyl sites for hydroxylation is 1. The Hall–Kier alpha value is -3.20. The van der Waals surface area contributed by atoms with E-state index in [1.165, 1.54) is 17.7 Å². The smallest absolute Gasteiger partial charge is 0.338 e. The molecule has 0 unspecified atom stereocenters. The second-order valence-corrected chi connectivity index (χ2v) is 6.80. The zero-order chi connectivity index (χ0) is 21.0. The van der Waals surface area contributed by atoms with Crippen molar-refractivity contribution in [1.29, 1.82) is 0 Å². The van der Waals surface area contributed by atoms with E-state index in [4.69, 9.17) is 14.2 Å². The number of ether oxygens (including phenoxy) is 3. The molecule has 0 bridgehead atoms. The maximum atomic E-state index is 12.4. The van der Waals surface area contributed by atoms with Gasteiger partial charge < -0.3 is 14.2 Å². The molecule has 1 aromatic carbocycles. The van der Waals surface area contributed by atoms with Crippen LogP contribution in [0.25, 0.3) is 0 Å². The van der Waals surface area contributed by atoms with Crippen molar-refractivity contribution in [2.45, 2.75) is 45.1 Å². The molecule has 1 aliphatic heterocycles. The van der Waals surface area contributed by atoms with E-state index in [2.05, 4.69) is 4.98 Å². The Morgan fingerprint density at radius 3 is 2.66 bits per heavy atom. The first kappa shape index (κ1) is 20.5. The van der Waals surface area contributed by atoms with Crippen LogP contribution in [-0.4, -0.2) is 40.3 Å². The lowest BCUT2D eigenvalue weighted by atomic mass is 10.1. The molecule has 1 aliphatic rings. The number of H-pyrrole nitrogens is 1. The van der Waals surface area contributed by atoms with Crippen molar-refractivity contribution in [2.24, 2.45) is 0 Å². The van der Waals surface area contributed by atoms with Gasteiger partial charge in [0.1, 0.15) is 18.9 Å². The quantitative estimate of drug-likeness (QED) is 0.724. The molecule has 9 heteroatoms. The van der Waals surface area contributed by atoms with Crippen LogP contribution in [0.5, 0.6) is 0 Å². The van der Waals surface area contributed by atoms with Crippen LogP contribution in [0.2, 0.25) is 0 Å². The molecule has 154 valence electrons. The number of nitrogens with one attached hydrogen (secondary N) is 1. The molecule has 0 radical (unpaired) electrons. The van der Waals surface area contributed by atoms with Gasteiger partial charge in [-0.1, -0.05) is 18.2 Å². The fourth-order valence-electron chi connectivity index (χ4n) is 3.12. The first-order chi connectivity index (χ1) is 13.8. The molecule has 1 aromatic heterocycles. The predicted molar refractivity (Wildman–Crippen MR) is 101 cm³/mol. The molecule has 0 amide bonds. The monoisotopic (exact) mass is 402 g/mol. The number of rotatable bonds is 6. The van der Waals surface area contributed by atoms with Gasteiger partial charge >= 0.3 is 17.6 Å². The Bertz CT molecular complexity index is 996. The van der Waals surface area contributed by atoms with E-state index in [1.54, 1.807) is 37.3 Å². The summed E-state index contributed by atoms with van der Waals surface area (Å²) < 4.78 is 17.8. The van der Waals surface area contributed by atoms with Gasteiger partial charge in [0.15, 0.2) is 6.10 Å². The normalized spacial score (nSPS) is 19.5. The molecule has 0 aliphatic carbocycles. The number of nitrogens with zero attached hydrogens (tertiary/aromatic N) is 1. The van der Waals surface area contributed by atoms with Crippen molar-refractivity contribution >= 4 is 11.9 Å². The first-order valence-electron chi connectivity index (χ1n) is 9.22. The number of benzene rings is 1. The van der Waals surface area contributed by atoms with Crippen molar-refractivity contribution in [3.8, 4) is 0 Å². The van der Waals surface area contributed by atoms with Gasteiger partial charge in [0.2, 0.25) is 0 Å².